The van der Waals surface area contributed by atoms with Crippen molar-refractivity contribution in [3.8, 4) is 22.6 Å². The lowest BCUT2D eigenvalue weighted by Crippen LogP contribution is -1.98. The molecule has 0 unspecified atom stereocenters. The van der Waals surface area contributed by atoms with Crippen LogP contribution in [0.3, 0.4) is 0 Å². The minimum absolute atomic E-state index is 0.886. The fourth-order valence-corrected chi connectivity index (χ4v) is 5.53. The summed E-state index contributed by atoms with van der Waals surface area (Å²) >= 11 is 0. The summed E-state index contributed by atoms with van der Waals surface area (Å²) < 4.78 is 4.47. The summed E-state index contributed by atoms with van der Waals surface area (Å²) in [7, 11) is 0. The summed E-state index contributed by atoms with van der Waals surface area (Å²) in [5, 5.41) is 3.34. The number of nitrogens with zero attached hydrogens (tertiary/aromatic N) is 5. The molecule has 0 N–H and O–H groups in total. The minimum Gasteiger partial charge on any atom is -0.294 e. The second-order valence-corrected chi connectivity index (χ2v) is 9.39. The molecule has 178 valence electrons. The molecule has 0 saturated carbocycles. The molecule has 0 aliphatic heterocycles. The zero-order valence-corrected chi connectivity index (χ0v) is 20.4. The van der Waals surface area contributed by atoms with Crippen molar-refractivity contribution >= 4 is 44.0 Å². The van der Waals surface area contributed by atoms with Gasteiger partial charge in [-0.2, -0.15) is 0 Å². The van der Waals surface area contributed by atoms with Crippen molar-refractivity contribution in [3.63, 3.8) is 0 Å². The zero-order chi connectivity index (χ0) is 25.1. The molecule has 0 amide bonds. The number of hydrogen-bond acceptors (Lipinski definition) is 3. The average molecular weight is 488 g/mol. The molecule has 0 aliphatic rings. The molecular weight excluding hydrogens is 466 g/mol. The molecule has 8 rings (SSSR count). The summed E-state index contributed by atoms with van der Waals surface area (Å²) in [5.74, 6) is 0. The Balaban J connectivity index is 1.45. The zero-order valence-electron chi connectivity index (χ0n) is 20.4. The summed E-state index contributed by atoms with van der Waals surface area (Å²) in [4.78, 5) is 14.7. The highest BCUT2D eigenvalue weighted by Gasteiger charge is 2.20. The first kappa shape index (κ1) is 20.9. The Morgan fingerprint density at radius 2 is 1.16 bits per heavy atom. The topological polar surface area (TPSA) is 48.5 Å². The van der Waals surface area contributed by atoms with Crippen LogP contribution in [-0.4, -0.2) is 24.1 Å². The molecule has 8 aromatic rings. The highest BCUT2D eigenvalue weighted by Crippen LogP contribution is 2.37. The van der Waals surface area contributed by atoms with Crippen LogP contribution >= 0.6 is 0 Å². The maximum absolute atomic E-state index is 5.36. The molecular formula is C33H21N5. The van der Waals surface area contributed by atoms with E-state index in [-0.39, 0.29) is 0 Å². The van der Waals surface area contributed by atoms with Crippen LogP contribution in [0.25, 0.3) is 66.6 Å². The highest BCUT2D eigenvalue weighted by molar-refractivity contribution is 6.15. The maximum atomic E-state index is 5.36. The van der Waals surface area contributed by atoms with E-state index in [1.807, 2.05) is 42.7 Å². The van der Waals surface area contributed by atoms with E-state index in [0.717, 1.165) is 61.2 Å². The Morgan fingerprint density at radius 3 is 2.00 bits per heavy atom. The lowest BCUT2D eigenvalue weighted by atomic mass is 10.1. The van der Waals surface area contributed by atoms with E-state index in [2.05, 4.69) is 99.0 Å². The van der Waals surface area contributed by atoms with E-state index in [1.165, 1.54) is 5.39 Å². The highest BCUT2D eigenvalue weighted by atomic mass is 15.1. The third kappa shape index (κ3) is 3.02. The Hall–Kier alpha value is -5.29. The predicted octanol–water partition coefficient (Wildman–Crippen LogP) is 7.73. The average Bonchev–Trinajstić information content (AvgIpc) is 3.49. The van der Waals surface area contributed by atoms with Crippen LogP contribution in [0.4, 0.5) is 0 Å². The minimum atomic E-state index is 0.886. The van der Waals surface area contributed by atoms with Gasteiger partial charge in [-0.3, -0.25) is 19.1 Å². The fourth-order valence-electron chi connectivity index (χ4n) is 5.53. The van der Waals surface area contributed by atoms with E-state index in [4.69, 9.17) is 9.97 Å². The number of pyridine rings is 3. The van der Waals surface area contributed by atoms with Crippen LogP contribution < -0.4 is 0 Å². The van der Waals surface area contributed by atoms with Gasteiger partial charge in [0.1, 0.15) is 11.3 Å². The molecule has 0 fully saturated rings. The number of aromatic nitrogens is 5. The first-order valence-electron chi connectivity index (χ1n) is 12.6. The Labute approximate surface area is 218 Å². The fraction of sp³-hybridized carbons (Fsp3) is 0. The van der Waals surface area contributed by atoms with Crippen LogP contribution in [0.1, 0.15) is 0 Å². The molecule has 3 aromatic carbocycles. The number of para-hydroxylation sites is 2. The van der Waals surface area contributed by atoms with E-state index >= 15 is 0 Å². The molecule has 5 heterocycles. The van der Waals surface area contributed by atoms with Crippen molar-refractivity contribution in [2.45, 2.75) is 0 Å². The number of hydrogen-bond donors (Lipinski definition) is 0. The van der Waals surface area contributed by atoms with Gasteiger partial charge in [-0.15, -0.1) is 0 Å². The van der Waals surface area contributed by atoms with Crippen LogP contribution in [-0.2, 0) is 0 Å². The van der Waals surface area contributed by atoms with Gasteiger partial charge in [-0.05, 0) is 60.7 Å². The number of fused-ring (bicyclic) bond motifs is 6. The van der Waals surface area contributed by atoms with Crippen molar-refractivity contribution in [1.29, 1.82) is 0 Å². The van der Waals surface area contributed by atoms with Crippen molar-refractivity contribution in [2.24, 2.45) is 0 Å². The van der Waals surface area contributed by atoms with Gasteiger partial charge in [-0.25, -0.2) is 4.98 Å². The quantitative estimate of drug-likeness (QED) is 0.256. The maximum Gasteiger partial charge on any atom is 0.149 e. The van der Waals surface area contributed by atoms with Gasteiger partial charge in [0.2, 0.25) is 0 Å². The van der Waals surface area contributed by atoms with Gasteiger partial charge < -0.3 is 0 Å². The Morgan fingerprint density at radius 1 is 0.474 bits per heavy atom. The van der Waals surface area contributed by atoms with Crippen molar-refractivity contribution in [2.75, 3.05) is 0 Å². The van der Waals surface area contributed by atoms with Crippen molar-refractivity contribution < 1.29 is 0 Å². The molecule has 0 aliphatic carbocycles. The molecule has 0 bridgehead atoms. The molecule has 5 nitrogen and oxygen atoms in total. The first-order chi connectivity index (χ1) is 18.9. The van der Waals surface area contributed by atoms with E-state index < -0.39 is 0 Å². The van der Waals surface area contributed by atoms with E-state index in [0.29, 0.717) is 0 Å². The van der Waals surface area contributed by atoms with Crippen LogP contribution in [0.2, 0.25) is 0 Å². The third-order valence-corrected chi connectivity index (χ3v) is 7.22. The van der Waals surface area contributed by atoms with E-state index in [9.17, 15) is 0 Å². The normalized spacial score (nSPS) is 11.7. The summed E-state index contributed by atoms with van der Waals surface area (Å²) in [5.41, 5.74) is 9.08. The SMILES string of the molecule is c1ccc(-n2c3ccccc3c3cc4c5ncccc5n(-c5ccc(-c6ccccn6)cc5)c4nc32)cc1. The van der Waals surface area contributed by atoms with Crippen molar-refractivity contribution in [3.05, 3.63) is 128 Å². The number of benzene rings is 3. The Bertz CT molecular complexity index is 2110. The van der Waals surface area contributed by atoms with Gasteiger partial charge in [-0.1, -0.05) is 54.6 Å². The van der Waals surface area contributed by atoms with Gasteiger partial charge in [0, 0.05) is 45.5 Å². The smallest absolute Gasteiger partial charge is 0.149 e. The second-order valence-electron chi connectivity index (χ2n) is 9.39. The monoisotopic (exact) mass is 487 g/mol. The molecule has 38 heavy (non-hydrogen) atoms. The molecule has 0 atom stereocenters. The molecule has 0 saturated heterocycles. The summed E-state index contributed by atoms with van der Waals surface area (Å²) in [6.45, 7) is 0. The van der Waals surface area contributed by atoms with Crippen LogP contribution in [0.5, 0.6) is 0 Å². The standard InChI is InChI=1S/C33H21N5/c1-2-9-23(10-3-1)37-29-13-5-4-11-25(29)26-21-27-31-30(14-8-20-35-31)38(33(27)36-32(26)37)24-17-15-22(16-18-24)28-12-6-7-19-34-28/h1-21H. The molecule has 0 radical (unpaired) electrons. The van der Waals surface area contributed by atoms with Gasteiger partial charge in [0.15, 0.2) is 0 Å². The van der Waals surface area contributed by atoms with Crippen LogP contribution in [0, 0.1) is 0 Å². The van der Waals surface area contributed by atoms with Crippen LogP contribution in [0.15, 0.2) is 128 Å². The van der Waals surface area contributed by atoms with Gasteiger partial charge in [0.25, 0.3) is 0 Å². The second kappa shape index (κ2) is 8.11. The van der Waals surface area contributed by atoms with Crippen molar-refractivity contribution in [1.82, 2.24) is 24.1 Å². The number of rotatable bonds is 3. The predicted molar refractivity (Wildman–Crippen MR) is 154 cm³/mol. The van der Waals surface area contributed by atoms with E-state index in [1.54, 1.807) is 0 Å². The lowest BCUT2D eigenvalue weighted by Gasteiger charge is -2.09. The largest absolute Gasteiger partial charge is 0.294 e. The first-order valence-corrected chi connectivity index (χ1v) is 12.6. The molecule has 5 heteroatoms. The molecule has 0 spiro atoms. The Kier molecular flexibility index (Phi) is 4.45. The summed E-state index contributed by atoms with van der Waals surface area (Å²) in [6.07, 6.45) is 3.68. The lowest BCUT2D eigenvalue weighted by molar-refractivity contribution is 1.11. The molecule has 5 aromatic heterocycles. The summed E-state index contributed by atoms with van der Waals surface area (Å²) in [6, 6.07) is 39.8. The van der Waals surface area contributed by atoms with Gasteiger partial charge >= 0.3 is 0 Å². The van der Waals surface area contributed by atoms with Gasteiger partial charge in [0.05, 0.1) is 22.2 Å². The third-order valence-electron chi connectivity index (χ3n) is 7.22.